The lowest BCUT2D eigenvalue weighted by Gasteiger charge is -2.20. The minimum Gasteiger partial charge on any atom is -0.474 e. The predicted octanol–water partition coefficient (Wildman–Crippen LogP) is 5.44. The summed E-state index contributed by atoms with van der Waals surface area (Å²) in [6, 6.07) is 19.8. The Morgan fingerprint density at radius 1 is 1.10 bits per heavy atom. The largest absolute Gasteiger partial charge is 0.474 e. The standard InChI is InChI=1S/C30H31F2N3O5S/c1-2-41(37,38)25-12-10-21(11-13-25)27(14-15-33)35-29(36)22-8-6-20(7-9-22)26-18-24(17-23(26)19-39-30(31)32)40-28-5-3-4-16-34-28/h3-13,16,23-24,26-27,30H,2,14,17-19H2,1H3,(H,35,36)/t23-,24-,26?,27-/m0/s1. The van der Waals surface area contributed by atoms with E-state index in [2.05, 4.69) is 21.1 Å². The van der Waals surface area contributed by atoms with Gasteiger partial charge in [-0.05, 0) is 66.1 Å². The average Bonchev–Trinajstić information content (AvgIpc) is 3.38. The Labute approximate surface area is 238 Å². The van der Waals surface area contributed by atoms with Gasteiger partial charge in [0.1, 0.15) is 6.10 Å². The molecule has 11 heteroatoms. The maximum Gasteiger partial charge on any atom is 0.345 e. The number of rotatable bonds is 12. The third kappa shape index (κ3) is 7.86. The molecule has 8 nitrogen and oxygen atoms in total. The number of aromatic nitrogens is 1. The first-order chi connectivity index (χ1) is 19.7. The molecule has 1 amide bonds. The van der Waals surface area contributed by atoms with Gasteiger partial charge in [-0.25, -0.2) is 13.4 Å². The van der Waals surface area contributed by atoms with Crippen molar-refractivity contribution in [1.82, 2.24) is 10.3 Å². The molecule has 1 saturated carbocycles. The van der Waals surface area contributed by atoms with Crippen molar-refractivity contribution in [3.63, 3.8) is 0 Å². The van der Waals surface area contributed by atoms with Gasteiger partial charge in [0, 0.05) is 17.8 Å². The highest BCUT2D eigenvalue weighted by molar-refractivity contribution is 7.91. The fourth-order valence-electron chi connectivity index (χ4n) is 5.09. The number of halogens is 2. The van der Waals surface area contributed by atoms with Gasteiger partial charge in [-0.1, -0.05) is 37.3 Å². The van der Waals surface area contributed by atoms with Crippen LogP contribution in [-0.2, 0) is 14.6 Å². The number of hydrogen-bond acceptors (Lipinski definition) is 7. The number of benzene rings is 2. The van der Waals surface area contributed by atoms with E-state index in [1.807, 2.05) is 6.07 Å². The van der Waals surface area contributed by atoms with E-state index in [4.69, 9.17) is 4.74 Å². The smallest absolute Gasteiger partial charge is 0.345 e. The molecular formula is C30H31F2N3O5S. The van der Waals surface area contributed by atoms with E-state index in [9.17, 15) is 27.3 Å². The van der Waals surface area contributed by atoms with Crippen molar-refractivity contribution in [3.8, 4) is 11.9 Å². The van der Waals surface area contributed by atoms with E-state index >= 15 is 0 Å². The Kier molecular flexibility index (Phi) is 10.0. The molecule has 4 rings (SSSR count). The second kappa shape index (κ2) is 13.7. The number of nitriles is 1. The fraction of sp³-hybridized carbons (Fsp3) is 0.367. The Hall–Kier alpha value is -3.88. The first-order valence-electron chi connectivity index (χ1n) is 13.3. The van der Waals surface area contributed by atoms with Crippen LogP contribution in [0.15, 0.2) is 77.8 Å². The first kappa shape index (κ1) is 30.1. The minimum atomic E-state index is -3.37. The quantitative estimate of drug-likeness (QED) is 0.302. The van der Waals surface area contributed by atoms with Gasteiger partial charge in [-0.2, -0.15) is 14.0 Å². The van der Waals surface area contributed by atoms with Crippen molar-refractivity contribution >= 4 is 15.7 Å². The van der Waals surface area contributed by atoms with Crippen molar-refractivity contribution < 1.29 is 31.5 Å². The molecular weight excluding hydrogens is 552 g/mol. The zero-order valence-corrected chi connectivity index (χ0v) is 23.3. The highest BCUT2D eigenvalue weighted by atomic mass is 32.2. The van der Waals surface area contributed by atoms with Crippen molar-refractivity contribution in [1.29, 1.82) is 5.26 Å². The van der Waals surface area contributed by atoms with E-state index in [1.54, 1.807) is 61.7 Å². The summed E-state index contributed by atoms with van der Waals surface area (Å²) in [5, 5.41) is 12.2. The summed E-state index contributed by atoms with van der Waals surface area (Å²) in [4.78, 5) is 17.4. The number of carbonyl (C=O) groups is 1. The molecule has 216 valence electrons. The number of carbonyl (C=O) groups excluding carboxylic acids is 1. The van der Waals surface area contributed by atoms with Crippen LogP contribution in [0.3, 0.4) is 0 Å². The lowest BCUT2D eigenvalue weighted by Crippen LogP contribution is -2.28. The van der Waals surface area contributed by atoms with Crippen LogP contribution < -0.4 is 10.1 Å². The van der Waals surface area contributed by atoms with Crippen molar-refractivity contribution in [2.45, 2.75) is 55.8 Å². The average molecular weight is 584 g/mol. The maximum absolute atomic E-state index is 13.1. The number of nitrogens with zero attached hydrogens (tertiary/aromatic N) is 2. The topological polar surface area (TPSA) is 118 Å². The number of alkyl halides is 2. The third-order valence-corrected chi connectivity index (χ3v) is 8.99. The van der Waals surface area contributed by atoms with Crippen LogP contribution in [0.1, 0.15) is 59.6 Å². The molecule has 0 bridgehead atoms. The molecule has 1 N–H and O–H groups in total. The summed E-state index contributed by atoms with van der Waals surface area (Å²) in [6.45, 7) is -1.43. The van der Waals surface area contributed by atoms with Gasteiger partial charge in [0.25, 0.3) is 5.91 Å². The highest BCUT2D eigenvalue weighted by Crippen LogP contribution is 2.41. The van der Waals surface area contributed by atoms with Crippen molar-refractivity contribution in [2.24, 2.45) is 5.92 Å². The Balaban J connectivity index is 1.46. The number of nitrogens with one attached hydrogen (secondary N) is 1. The number of pyridine rings is 1. The van der Waals surface area contributed by atoms with Crippen LogP contribution in [0.25, 0.3) is 0 Å². The van der Waals surface area contributed by atoms with E-state index in [-0.39, 0.29) is 41.6 Å². The molecule has 1 heterocycles. The normalized spacial score (nSPS) is 19.4. The van der Waals surface area contributed by atoms with Gasteiger partial charge in [-0.15, -0.1) is 0 Å². The number of amides is 1. The first-order valence-corrected chi connectivity index (χ1v) is 14.9. The Bertz CT molecular complexity index is 1450. The van der Waals surface area contributed by atoms with E-state index in [0.29, 0.717) is 29.8 Å². The molecule has 0 aliphatic heterocycles. The summed E-state index contributed by atoms with van der Waals surface area (Å²) in [5.74, 6) is -0.296. The molecule has 1 fully saturated rings. The summed E-state index contributed by atoms with van der Waals surface area (Å²) in [7, 11) is -3.37. The van der Waals surface area contributed by atoms with E-state index in [1.165, 1.54) is 12.1 Å². The third-order valence-electron chi connectivity index (χ3n) is 7.24. The van der Waals surface area contributed by atoms with Crippen LogP contribution in [0, 0.1) is 17.2 Å². The Morgan fingerprint density at radius 3 is 2.44 bits per heavy atom. The summed E-state index contributed by atoms with van der Waals surface area (Å²) in [5.41, 5.74) is 1.85. The predicted molar refractivity (Wildman–Crippen MR) is 147 cm³/mol. The molecule has 0 spiro atoms. The number of hydrogen-bond donors (Lipinski definition) is 1. The number of sulfone groups is 1. The lowest BCUT2D eigenvalue weighted by molar-refractivity contribution is -0.139. The minimum absolute atomic E-state index is 0.00471. The molecule has 3 aromatic rings. The van der Waals surface area contributed by atoms with E-state index in [0.717, 1.165) is 5.56 Å². The second-order valence-electron chi connectivity index (χ2n) is 9.82. The molecule has 0 saturated heterocycles. The molecule has 0 radical (unpaired) electrons. The molecule has 1 unspecified atom stereocenters. The van der Waals surface area contributed by atoms with Crippen molar-refractivity contribution in [3.05, 3.63) is 89.6 Å². The van der Waals surface area contributed by atoms with Crippen molar-refractivity contribution in [2.75, 3.05) is 12.4 Å². The van der Waals surface area contributed by atoms with Gasteiger partial charge in [-0.3, -0.25) is 4.79 Å². The van der Waals surface area contributed by atoms with Gasteiger partial charge >= 0.3 is 6.61 Å². The van der Waals surface area contributed by atoms with Crippen LogP contribution in [0.2, 0.25) is 0 Å². The SMILES string of the molecule is CCS(=O)(=O)c1ccc([C@H](CC#N)NC(=O)c2ccc(C3C[C@@H](Oc4ccccn4)C[C@H]3COC(F)F)cc2)cc1. The van der Waals surface area contributed by atoms with E-state index < -0.39 is 28.4 Å². The molecule has 2 aromatic carbocycles. The van der Waals surface area contributed by atoms with Gasteiger partial charge in [0.2, 0.25) is 5.88 Å². The lowest BCUT2D eigenvalue weighted by atomic mass is 9.89. The molecule has 1 aliphatic carbocycles. The molecule has 1 aliphatic rings. The zero-order chi connectivity index (χ0) is 29.4. The second-order valence-corrected chi connectivity index (χ2v) is 12.1. The molecule has 41 heavy (non-hydrogen) atoms. The van der Waals surface area contributed by atoms with Crippen LogP contribution in [0.4, 0.5) is 8.78 Å². The number of ether oxygens (including phenoxy) is 2. The fourth-order valence-corrected chi connectivity index (χ4v) is 5.97. The van der Waals surface area contributed by atoms with Gasteiger partial charge < -0.3 is 14.8 Å². The monoisotopic (exact) mass is 583 g/mol. The zero-order valence-electron chi connectivity index (χ0n) is 22.5. The van der Waals surface area contributed by atoms with Gasteiger partial charge in [0.15, 0.2) is 9.84 Å². The molecule has 4 atom stereocenters. The maximum atomic E-state index is 13.1. The van der Waals surface area contributed by atoms with Crippen LogP contribution in [-0.4, -0.2) is 44.4 Å². The summed E-state index contributed by atoms with van der Waals surface area (Å²) in [6.07, 6.45) is 2.48. The van der Waals surface area contributed by atoms with Gasteiger partial charge in [0.05, 0.1) is 35.8 Å². The highest BCUT2D eigenvalue weighted by Gasteiger charge is 2.37. The summed E-state index contributed by atoms with van der Waals surface area (Å²) >= 11 is 0. The van der Waals surface area contributed by atoms with Crippen LogP contribution in [0.5, 0.6) is 5.88 Å². The summed E-state index contributed by atoms with van der Waals surface area (Å²) < 4.78 is 60.5. The Morgan fingerprint density at radius 2 is 1.83 bits per heavy atom. The molecule has 1 aromatic heterocycles. The van der Waals surface area contributed by atoms with Crippen LogP contribution >= 0.6 is 0 Å².